The first-order valence-corrected chi connectivity index (χ1v) is 9.37. The summed E-state index contributed by atoms with van der Waals surface area (Å²) in [6, 6.07) is 10.3. The first-order chi connectivity index (χ1) is 14.3. The average Bonchev–Trinajstić information content (AvgIpc) is 3.26. The van der Waals surface area contributed by atoms with E-state index in [9.17, 15) is 9.59 Å². The van der Waals surface area contributed by atoms with Crippen LogP contribution in [0.5, 0.6) is 0 Å². The lowest BCUT2D eigenvalue weighted by molar-refractivity contribution is 0.102. The molecule has 0 bridgehead atoms. The van der Waals surface area contributed by atoms with Crippen molar-refractivity contribution in [2.24, 2.45) is 7.05 Å². The summed E-state index contributed by atoms with van der Waals surface area (Å²) in [6.07, 6.45) is 0. The number of hydrogen-bond acceptors (Lipinski definition) is 5. The molecule has 1 amide bonds. The number of nitrogens with one attached hydrogen (secondary N) is 3. The summed E-state index contributed by atoms with van der Waals surface area (Å²) < 4.78 is 1.79. The molecule has 3 aromatic heterocycles. The first kappa shape index (κ1) is 19.3. The Bertz CT molecular complexity index is 1310. The second kappa shape index (κ2) is 7.43. The summed E-state index contributed by atoms with van der Waals surface area (Å²) in [7, 11) is 1.87. The number of aromatic nitrogens is 6. The van der Waals surface area contributed by atoms with E-state index in [2.05, 4.69) is 30.6 Å². The van der Waals surface area contributed by atoms with E-state index in [-0.39, 0.29) is 11.5 Å². The van der Waals surface area contributed by atoms with Crippen LogP contribution in [-0.2, 0) is 7.05 Å². The van der Waals surface area contributed by atoms with Crippen LogP contribution in [0.25, 0.3) is 22.6 Å². The highest BCUT2D eigenvalue weighted by Gasteiger charge is 2.17. The maximum absolute atomic E-state index is 12.7. The van der Waals surface area contributed by atoms with Crippen LogP contribution in [-0.4, -0.2) is 35.9 Å². The predicted molar refractivity (Wildman–Crippen MR) is 113 cm³/mol. The zero-order valence-corrected chi connectivity index (χ0v) is 17.1. The number of aromatic amines is 2. The van der Waals surface area contributed by atoms with E-state index in [0.29, 0.717) is 34.2 Å². The number of benzene rings is 1. The lowest BCUT2D eigenvalue weighted by Crippen LogP contribution is -2.12. The summed E-state index contributed by atoms with van der Waals surface area (Å²) in [6.45, 7) is 5.62. The molecular formula is C21H21N7O2. The molecule has 0 aliphatic carbocycles. The monoisotopic (exact) mass is 403 g/mol. The zero-order valence-electron chi connectivity index (χ0n) is 17.1. The van der Waals surface area contributed by atoms with Crippen molar-refractivity contribution in [3.8, 4) is 22.6 Å². The lowest BCUT2D eigenvalue weighted by Gasteiger charge is -2.06. The van der Waals surface area contributed by atoms with Crippen LogP contribution in [0.2, 0.25) is 0 Å². The van der Waals surface area contributed by atoms with Gasteiger partial charge in [-0.1, -0.05) is 12.1 Å². The predicted octanol–water partition coefficient (Wildman–Crippen LogP) is 2.74. The fraction of sp³-hybridized carbons (Fsp3) is 0.190. The molecule has 4 aromatic rings. The third-order valence-corrected chi connectivity index (χ3v) is 4.85. The molecule has 9 nitrogen and oxygen atoms in total. The van der Waals surface area contributed by atoms with Gasteiger partial charge in [0.15, 0.2) is 0 Å². The number of anilines is 1. The minimum absolute atomic E-state index is 0.224. The van der Waals surface area contributed by atoms with Crippen molar-refractivity contribution >= 4 is 11.6 Å². The molecule has 152 valence electrons. The molecule has 0 radical (unpaired) electrons. The molecule has 30 heavy (non-hydrogen) atoms. The fourth-order valence-corrected chi connectivity index (χ4v) is 3.37. The Labute approximate surface area is 172 Å². The summed E-state index contributed by atoms with van der Waals surface area (Å²) >= 11 is 0. The van der Waals surface area contributed by atoms with Gasteiger partial charge in [0.25, 0.3) is 11.5 Å². The van der Waals surface area contributed by atoms with Crippen molar-refractivity contribution in [3.63, 3.8) is 0 Å². The third-order valence-electron chi connectivity index (χ3n) is 4.85. The number of carbonyl (C=O) groups excluding carboxylic acids is 1. The van der Waals surface area contributed by atoms with E-state index in [1.54, 1.807) is 35.9 Å². The van der Waals surface area contributed by atoms with E-state index in [1.807, 2.05) is 27.0 Å². The van der Waals surface area contributed by atoms with Gasteiger partial charge in [0.05, 0.1) is 11.4 Å². The van der Waals surface area contributed by atoms with Gasteiger partial charge in [-0.25, -0.2) is 4.98 Å². The van der Waals surface area contributed by atoms with Gasteiger partial charge in [0.2, 0.25) is 0 Å². The molecule has 3 N–H and O–H groups in total. The van der Waals surface area contributed by atoms with Gasteiger partial charge in [-0.3, -0.25) is 19.4 Å². The molecule has 9 heteroatoms. The van der Waals surface area contributed by atoms with Gasteiger partial charge in [-0.15, -0.1) is 0 Å². The molecule has 1 aromatic carbocycles. The molecule has 0 fully saturated rings. The summed E-state index contributed by atoms with van der Waals surface area (Å²) in [5.74, 6) is 0.123. The second-order valence-corrected chi connectivity index (χ2v) is 7.11. The second-order valence-electron chi connectivity index (χ2n) is 7.11. The smallest absolute Gasteiger partial charge is 0.273 e. The average molecular weight is 403 g/mol. The quantitative estimate of drug-likeness (QED) is 0.484. The van der Waals surface area contributed by atoms with Crippen molar-refractivity contribution in [2.45, 2.75) is 20.8 Å². The van der Waals surface area contributed by atoms with Crippen LogP contribution in [0.15, 0.2) is 41.2 Å². The van der Waals surface area contributed by atoms with Gasteiger partial charge < -0.3 is 10.3 Å². The Morgan fingerprint density at radius 1 is 1.13 bits per heavy atom. The Balaban J connectivity index is 1.58. The number of nitrogens with zero attached hydrogens (tertiary/aromatic N) is 4. The summed E-state index contributed by atoms with van der Waals surface area (Å²) in [5.41, 5.74) is 5.39. The zero-order chi connectivity index (χ0) is 21.4. The van der Waals surface area contributed by atoms with E-state index >= 15 is 0 Å². The van der Waals surface area contributed by atoms with Gasteiger partial charge in [-0.2, -0.15) is 10.2 Å². The Hall–Kier alpha value is -4.01. The topological polar surface area (TPSA) is 121 Å². The van der Waals surface area contributed by atoms with Gasteiger partial charge >= 0.3 is 0 Å². The normalized spacial score (nSPS) is 10.9. The van der Waals surface area contributed by atoms with Crippen molar-refractivity contribution in [1.82, 2.24) is 29.9 Å². The van der Waals surface area contributed by atoms with Gasteiger partial charge in [0, 0.05) is 41.3 Å². The highest BCUT2D eigenvalue weighted by atomic mass is 16.2. The summed E-state index contributed by atoms with van der Waals surface area (Å²) in [5, 5.41) is 14.3. The van der Waals surface area contributed by atoms with Crippen LogP contribution in [0.1, 0.15) is 27.6 Å². The molecule has 0 aliphatic heterocycles. The fourth-order valence-electron chi connectivity index (χ4n) is 3.37. The van der Waals surface area contributed by atoms with E-state index in [1.165, 1.54) is 6.07 Å². The molecule has 0 saturated heterocycles. The standard InChI is InChI=1S/C21H21N7O2/c1-11-8-18(29)24-20(22-11)14-6-5-7-15(9-14)23-21(30)17-10-16(25-26-17)19-12(2)27-28(4)13(19)3/h5-10H,1-4H3,(H,23,30)(H,25,26)(H,22,24,29). The highest BCUT2D eigenvalue weighted by molar-refractivity contribution is 6.03. The van der Waals surface area contributed by atoms with Crippen molar-refractivity contribution < 1.29 is 4.79 Å². The maximum Gasteiger partial charge on any atom is 0.273 e. The van der Waals surface area contributed by atoms with E-state index in [0.717, 1.165) is 17.0 Å². The van der Waals surface area contributed by atoms with Crippen LogP contribution in [0, 0.1) is 20.8 Å². The Kier molecular flexibility index (Phi) is 4.78. The lowest BCUT2D eigenvalue weighted by atomic mass is 10.1. The largest absolute Gasteiger partial charge is 0.321 e. The molecule has 4 rings (SSSR count). The third kappa shape index (κ3) is 3.64. The summed E-state index contributed by atoms with van der Waals surface area (Å²) in [4.78, 5) is 31.5. The SMILES string of the molecule is Cc1cc(=O)[nH]c(-c2cccc(NC(=O)c3cc(-c4c(C)nn(C)c4C)n[nH]3)c2)n1. The number of amides is 1. The van der Waals surface area contributed by atoms with E-state index in [4.69, 9.17) is 0 Å². The number of carbonyl (C=O) groups is 1. The van der Waals surface area contributed by atoms with E-state index < -0.39 is 0 Å². The molecule has 0 spiro atoms. The van der Waals surface area contributed by atoms with Crippen molar-refractivity contribution in [2.75, 3.05) is 5.32 Å². The minimum Gasteiger partial charge on any atom is -0.321 e. The van der Waals surface area contributed by atoms with Crippen LogP contribution in [0.3, 0.4) is 0 Å². The van der Waals surface area contributed by atoms with Crippen LogP contribution < -0.4 is 10.9 Å². The number of H-pyrrole nitrogens is 2. The van der Waals surface area contributed by atoms with Crippen LogP contribution in [0.4, 0.5) is 5.69 Å². The number of hydrogen-bond donors (Lipinski definition) is 3. The maximum atomic E-state index is 12.7. The molecular weight excluding hydrogens is 382 g/mol. The van der Waals surface area contributed by atoms with Crippen molar-refractivity contribution in [3.05, 3.63) is 69.5 Å². The Morgan fingerprint density at radius 3 is 2.63 bits per heavy atom. The van der Waals surface area contributed by atoms with Crippen LogP contribution >= 0.6 is 0 Å². The number of aryl methyl sites for hydroxylation is 3. The van der Waals surface area contributed by atoms with Crippen molar-refractivity contribution in [1.29, 1.82) is 0 Å². The molecule has 0 unspecified atom stereocenters. The van der Waals surface area contributed by atoms with Gasteiger partial charge in [0.1, 0.15) is 11.5 Å². The molecule has 0 atom stereocenters. The molecule has 3 heterocycles. The number of rotatable bonds is 4. The first-order valence-electron chi connectivity index (χ1n) is 9.37. The highest BCUT2D eigenvalue weighted by Crippen LogP contribution is 2.25. The van der Waals surface area contributed by atoms with Gasteiger partial charge in [-0.05, 0) is 39.0 Å². The Morgan fingerprint density at radius 2 is 1.93 bits per heavy atom. The molecule has 0 aliphatic rings. The molecule has 0 saturated carbocycles. The minimum atomic E-state index is -0.323.